The minimum Gasteiger partial charge on any atom is -0.364 e. The van der Waals surface area contributed by atoms with Gasteiger partial charge in [0, 0.05) is 24.5 Å². The van der Waals surface area contributed by atoms with Crippen LogP contribution in [0.25, 0.3) is 0 Å². The van der Waals surface area contributed by atoms with E-state index in [2.05, 4.69) is 10.3 Å². The van der Waals surface area contributed by atoms with Gasteiger partial charge in [-0.15, -0.1) is 0 Å². The summed E-state index contributed by atoms with van der Waals surface area (Å²) in [6.45, 7) is 2.75. The van der Waals surface area contributed by atoms with E-state index in [9.17, 15) is 8.42 Å². The maximum Gasteiger partial charge on any atom is 0.238 e. The van der Waals surface area contributed by atoms with Gasteiger partial charge in [-0.25, -0.2) is 13.6 Å². The van der Waals surface area contributed by atoms with Gasteiger partial charge in [0.05, 0.1) is 4.90 Å². The molecule has 0 radical (unpaired) electrons. The molecular formula is C13H17N3O2S. The van der Waals surface area contributed by atoms with E-state index in [0.717, 1.165) is 17.8 Å². The molecule has 5 nitrogen and oxygen atoms in total. The molecule has 1 heterocycles. The van der Waals surface area contributed by atoms with Crippen LogP contribution in [0.2, 0.25) is 0 Å². The summed E-state index contributed by atoms with van der Waals surface area (Å²) in [6, 6.07) is 10.7. The van der Waals surface area contributed by atoms with Crippen molar-refractivity contribution in [1.29, 1.82) is 0 Å². The number of nitrogens with two attached hydrogens (primary N) is 1. The fraction of sp³-hybridized carbons (Fsp3) is 0.231. The van der Waals surface area contributed by atoms with E-state index in [1.807, 2.05) is 25.3 Å². The molecule has 19 heavy (non-hydrogen) atoms. The summed E-state index contributed by atoms with van der Waals surface area (Å²) in [6.07, 6.45) is 1.88. The van der Waals surface area contributed by atoms with E-state index in [0.29, 0.717) is 0 Å². The number of aromatic nitrogens is 1. The van der Waals surface area contributed by atoms with Crippen molar-refractivity contribution >= 4 is 10.0 Å². The first-order valence-electron chi connectivity index (χ1n) is 5.95. The van der Waals surface area contributed by atoms with Crippen molar-refractivity contribution in [3.05, 3.63) is 53.9 Å². The minimum absolute atomic E-state index is 0.123. The molecule has 0 bridgehead atoms. The van der Waals surface area contributed by atoms with E-state index >= 15 is 0 Å². The summed E-state index contributed by atoms with van der Waals surface area (Å²) in [5.41, 5.74) is 2.12. The molecule has 1 aromatic heterocycles. The number of aromatic amines is 1. The molecule has 1 atom stereocenters. The van der Waals surface area contributed by atoms with Crippen molar-refractivity contribution in [2.45, 2.75) is 24.4 Å². The highest BCUT2D eigenvalue weighted by molar-refractivity contribution is 7.89. The highest BCUT2D eigenvalue weighted by Gasteiger charge is 2.09. The Morgan fingerprint density at radius 1 is 1.26 bits per heavy atom. The van der Waals surface area contributed by atoms with Crippen molar-refractivity contribution in [3.8, 4) is 0 Å². The number of nitrogens with one attached hydrogen (secondary N) is 2. The Balaban J connectivity index is 2.01. The second-order valence-corrected chi connectivity index (χ2v) is 5.97. The van der Waals surface area contributed by atoms with E-state index in [1.165, 1.54) is 12.1 Å². The van der Waals surface area contributed by atoms with Crippen molar-refractivity contribution in [3.63, 3.8) is 0 Å². The van der Waals surface area contributed by atoms with Crippen molar-refractivity contribution < 1.29 is 8.42 Å². The molecule has 0 aliphatic heterocycles. The number of H-pyrrole nitrogens is 1. The monoisotopic (exact) mass is 279 g/mol. The normalized spacial score (nSPS) is 13.4. The van der Waals surface area contributed by atoms with Crippen molar-refractivity contribution in [2.75, 3.05) is 0 Å². The molecule has 0 amide bonds. The highest BCUT2D eigenvalue weighted by atomic mass is 32.2. The first kappa shape index (κ1) is 13.8. The summed E-state index contributed by atoms with van der Waals surface area (Å²) < 4.78 is 22.3. The summed E-state index contributed by atoms with van der Waals surface area (Å²) in [5, 5.41) is 8.41. The van der Waals surface area contributed by atoms with Gasteiger partial charge in [-0.2, -0.15) is 0 Å². The SMILES string of the molecule is CC(NCc1ccc[nH]1)c1ccc(S(N)(=O)=O)cc1. The second kappa shape index (κ2) is 5.56. The number of primary sulfonamides is 1. The number of benzene rings is 1. The van der Waals surface area contributed by atoms with Gasteiger partial charge >= 0.3 is 0 Å². The van der Waals surface area contributed by atoms with Crippen LogP contribution in [-0.4, -0.2) is 13.4 Å². The Morgan fingerprint density at radius 3 is 2.47 bits per heavy atom. The molecule has 0 aliphatic carbocycles. The molecule has 0 fully saturated rings. The molecule has 6 heteroatoms. The van der Waals surface area contributed by atoms with Gasteiger partial charge < -0.3 is 10.3 Å². The van der Waals surface area contributed by atoms with Crippen molar-refractivity contribution in [2.24, 2.45) is 5.14 Å². The molecule has 1 unspecified atom stereocenters. The Kier molecular flexibility index (Phi) is 4.04. The average Bonchev–Trinajstić information content (AvgIpc) is 2.88. The minimum atomic E-state index is -3.62. The van der Waals surface area contributed by atoms with Crippen LogP contribution >= 0.6 is 0 Å². The Morgan fingerprint density at radius 2 is 1.95 bits per heavy atom. The zero-order chi connectivity index (χ0) is 13.9. The second-order valence-electron chi connectivity index (χ2n) is 4.41. The van der Waals surface area contributed by atoms with Gasteiger partial charge in [0.15, 0.2) is 0 Å². The molecule has 4 N–H and O–H groups in total. The number of hydrogen-bond donors (Lipinski definition) is 3. The molecule has 0 aliphatic rings. The van der Waals surface area contributed by atoms with E-state index in [4.69, 9.17) is 5.14 Å². The first-order chi connectivity index (χ1) is 8.97. The molecule has 0 saturated carbocycles. The van der Waals surface area contributed by atoms with E-state index in [-0.39, 0.29) is 10.9 Å². The molecular weight excluding hydrogens is 262 g/mol. The predicted molar refractivity (Wildman–Crippen MR) is 73.9 cm³/mol. The number of sulfonamides is 1. The Hall–Kier alpha value is -1.63. The van der Waals surface area contributed by atoms with Crippen molar-refractivity contribution in [1.82, 2.24) is 10.3 Å². The summed E-state index contributed by atoms with van der Waals surface area (Å²) >= 11 is 0. The van der Waals surface area contributed by atoms with Crippen LogP contribution in [0.1, 0.15) is 24.2 Å². The smallest absolute Gasteiger partial charge is 0.238 e. The van der Waals surface area contributed by atoms with Crippen LogP contribution in [0.5, 0.6) is 0 Å². The fourth-order valence-electron chi connectivity index (χ4n) is 1.80. The van der Waals surface area contributed by atoms with Crippen LogP contribution in [-0.2, 0) is 16.6 Å². The van der Waals surface area contributed by atoms with Crippen LogP contribution in [0.3, 0.4) is 0 Å². The van der Waals surface area contributed by atoms with Crippen LogP contribution < -0.4 is 10.5 Å². The van der Waals surface area contributed by atoms with Gasteiger partial charge in [0.25, 0.3) is 0 Å². The fourth-order valence-corrected chi connectivity index (χ4v) is 2.32. The Bertz CT molecular complexity index is 618. The third-order valence-corrected chi connectivity index (χ3v) is 3.90. The molecule has 2 aromatic rings. The van der Waals surface area contributed by atoms with Gasteiger partial charge in [-0.1, -0.05) is 12.1 Å². The van der Waals surface area contributed by atoms with Crippen LogP contribution in [0.15, 0.2) is 47.5 Å². The topological polar surface area (TPSA) is 88.0 Å². The lowest BCUT2D eigenvalue weighted by atomic mass is 10.1. The number of hydrogen-bond acceptors (Lipinski definition) is 3. The van der Waals surface area contributed by atoms with Crippen LogP contribution in [0, 0.1) is 0 Å². The maximum atomic E-state index is 11.2. The quantitative estimate of drug-likeness (QED) is 0.775. The van der Waals surface area contributed by atoms with Gasteiger partial charge in [-0.3, -0.25) is 0 Å². The lowest BCUT2D eigenvalue weighted by Crippen LogP contribution is -2.18. The van der Waals surface area contributed by atoms with Gasteiger partial charge in [0.2, 0.25) is 10.0 Å². The summed E-state index contributed by atoms with van der Waals surface area (Å²) in [7, 11) is -3.62. The van der Waals surface area contributed by atoms with E-state index < -0.39 is 10.0 Å². The maximum absolute atomic E-state index is 11.2. The number of rotatable bonds is 5. The lowest BCUT2D eigenvalue weighted by Gasteiger charge is -2.14. The molecule has 102 valence electrons. The largest absolute Gasteiger partial charge is 0.364 e. The first-order valence-corrected chi connectivity index (χ1v) is 7.50. The zero-order valence-corrected chi connectivity index (χ0v) is 11.4. The van der Waals surface area contributed by atoms with Gasteiger partial charge in [0.1, 0.15) is 0 Å². The third kappa shape index (κ3) is 3.66. The molecule has 2 rings (SSSR count). The molecule has 1 aromatic carbocycles. The summed E-state index contributed by atoms with van der Waals surface area (Å²) in [5.74, 6) is 0. The van der Waals surface area contributed by atoms with Crippen LogP contribution in [0.4, 0.5) is 0 Å². The molecule has 0 spiro atoms. The standard InChI is InChI=1S/C13H17N3O2S/c1-10(16-9-12-3-2-8-15-12)11-4-6-13(7-5-11)19(14,17)18/h2-8,10,15-16H,9H2,1H3,(H2,14,17,18). The third-order valence-electron chi connectivity index (χ3n) is 2.97. The van der Waals surface area contributed by atoms with Gasteiger partial charge in [-0.05, 0) is 36.8 Å². The zero-order valence-electron chi connectivity index (χ0n) is 10.6. The summed E-state index contributed by atoms with van der Waals surface area (Å²) in [4.78, 5) is 3.25. The average molecular weight is 279 g/mol. The molecule has 0 saturated heterocycles. The Labute approximate surface area is 112 Å². The lowest BCUT2D eigenvalue weighted by molar-refractivity contribution is 0.568. The predicted octanol–water partition coefficient (Wildman–Crippen LogP) is 1.51. The van der Waals surface area contributed by atoms with E-state index in [1.54, 1.807) is 12.1 Å². The highest BCUT2D eigenvalue weighted by Crippen LogP contribution is 2.15.